The Labute approximate surface area is 128 Å². The highest BCUT2D eigenvalue weighted by molar-refractivity contribution is 8.14. The molecule has 3 fully saturated rings. The van der Waals surface area contributed by atoms with E-state index >= 15 is 0 Å². The summed E-state index contributed by atoms with van der Waals surface area (Å²) >= 11 is 1.97. The first kappa shape index (κ1) is 14.7. The van der Waals surface area contributed by atoms with Crippen LogP contribution < -0.4 is 5.32 Å². The van der Waals surface area contributed by atoms with Gasteiger partial charge in [-0.2, -0.15) is 0 Å². The molecule has 20 heavy (non-hydrogen) atoms. The van der Waals surface area contributed by atoms with Gasteiger partial charge in [0.15, 0.2) is 5.17 Å². The van der Waals surface area contributed by atoms with Crippen LogP contribution in [0.3, 0.4) is 0 Å². The zero-order valence-corrected chi connectivity index (χ0v) is 13.8. The van der Waals surface area contributed by atoms with Gasteiger partial charge in [0, 0.05) is 17.8 Å². The van der Waals surface area contributed by atoms with Crippen molar-refractivity contribution in [2.75, 3.05) is 32.4 Å². The number of rotatable bonds is 2. The van der Waals surface area contributed by atoms with Crippen LogP contribution in [0.2, 0.25) is 0 Å². The number of nitrogens with zero attached hydrogens (tertiary/aromatic N) is 2. The molecule has 0 unspecified atom stereocenters. The predicted molar refractivity (Wildman–Crippen MR) is 88.5 cm³/mol. The number of thioether (sulfide) groups is 1. The third kappa shape index (κ3) is 3.51. The van der Waals surface area contributed by atoms with E-state index in [1.807, 2.05) is 11.8 Å². The number of likely N-dealkylation sites (tertiary alicyclic amines) is 1. The van der Waals surface area contributed by atoms with Crippen LogP contribution in [0.1, 0.15) is 45.4 Å². The van der Waals surface area contributed by atoms with E-state index in [9.17, 15) is 0 Å². The number of aliphatic imine (C=N–C) groups is 1. The molecule has 0 bridgehead atoms. The zero-order valence-electron chi connectivity index (χ0n) is 13.0. The molecule has 1 N–H and O–H groups in total. The van der Waals surface area contributed by atoms with Gasteiger partial charge in [0.25, 0.3) is 0 Å². The van der Waals surface area contributed by atoms with E-state index in [1.165, 1.54) is 62.5 Å². The molecule has 114 valence electrons. The van der Waals surface area contributed by atoms with E-state index in [0.717, 1.165) is 18.4 Å². The molecule has 0 aromatic rings. The highest BCUT2D eigenvalue weighted by Gasteiger charge is 2.39. The fourth-order valence-electron chi connectivity index (χ4n) is 3.63. The maximum atomic E-state index is 4.89. The molecule has 2 heterocycles. The number of amidine groups is 1. The van der Waals surface area contributed by atoms with E-state index < -0.39 is 0 Å². The third-order valence-electron chi connectivity index (χ3n) is 5.42. The van der Waals surface area contributed by atoms with Gasteiger partial charge >= 0.3 is 0 Å². The van der Waals surface area contributed by atoms with Crippen LogP contribution in [0.5, 0.6) is 0 Å². The van der Waals surface area contributed by atoms with Crippen LogP contribution in [-0.2, 0) is 0 Å². The van der Waals surface area contributed by atoms with Crippen LogP contribution in [0.4, 0.5) is 0 Å². The molecule has 2 aliphatic heterocycles. The van der Waals surface area contributed by atoms with Crippen molar-refractivity contribution in [3.05, 3.63) is 0 Å². The van der Waals surface area contributed by atoms with Crippen LogP contribution >= 0.6 is 11.8 Å². The van der Waals surface area contributed by atoms with Gasteiger partial charge in [-0.25, -0.2) is 0 Å². The van der Waals surface area contributed by atoms with Crippen molar-refractivity contribution in [1.82, 2.24) is 10.2 Å². The SMILES string of the molecule is CC1CCC2(CC1)CSC(=NCC1CCN(C)CC1)N2. The molecule has 1 saturated carbocycles. The molecule has 3 aliphatic rings. The van der Waals surface area contributed by atoms with E-state index in [0.29, 0.717) is 5.54 Å². The van der Waals surface area contributed by atoms with E-state index in [1.54, 1.807) is 0 Å². The molecular formula is C16H29N3S. The second kappa shape index (κ2) is 6.27. The first-order chi connectivity index (χ1) is 9.65. The van der Waals surface area contributed by atoms with Crippen molar-refractivity contribution in [3.8, 4) is 0 Å². The smallest absolute Gasteiger partial charge is 0.157 e. The Morgan fingerprint density at radius 2 is 1.95 bits per heavy atom. The van der Waals surface area contributed by atoms with Gasteiger partial charge in [0.1, 0.15) is 0 Å². The number of nitrogens with one attached hydrogen (secondary N) is 1. The summed E-state index contributed by atoms with van der Waals surface area (Å²) in [6, 6.07) is 0. The molecule has 0 atom stereocenters. The minimum absolute atomic E-state index is 0.392. The minimum Gasteiger partial charge on any atom is -0.359 e. The Morgan fingerprint density at radius 1 is 1.25 bits per heavy atom. The lowest BCUT2D eigenvalue weighted by Crippen LogP contribution is -2.46. The Balaban J connectivity index is 1.48. The van der Waals surface area contributed by atoms with Gasteiger partial charge in [0.2, 0.25) is 0 Å². The van der Waals surface area contributed by atoms with Gasteiger partial charge in [-0.1, -0.05) is 18.7 Å². The van der Waals surface area contributed by atoms with Crippen molar-refractivity contribution in [1.29, 1.82) is 0 Å². The van der Waals surface area contributed by atoms with E-state index in [2.05, 4.69) is 24.2 Å². The fraction of sp³-hybridized carbons (Fsp3) is 0.938. The maximum absolute atomic E-state index is 4.89. The fourth-order valence-corrected chi connectivity index (χ4v) is 4.86. The Bertz CT molecular complexity index is 353. The van der Waals surface area contributed by atoms with Gasteiger partial charge in [-0.15, -0.1) is 0 Å². The maximum Gasteiger partial charge on any atom is 0.157 e. The molecule has 0 amide bonds. The lowest BCUT2D eigenvalue weighted by atomic mass is 9.78. The summed E-state index contributed by atoms with van der Waals surface area (Å²) in [5, 5.41) is 5.01. The van der Waals surface area contributed by atoms with Crippen molar-refractivity contribution < 1.29 is 0 Å². The molecule has 3 nitrogen and oxygen atoms in total. The molecular weight excluding hydrogens is 266 g/mol. The number of hydrogen-bond donors (Lipinski definition) is 1. The lowest BCUT2D eigenvalue weighted by Gasteiger charge is -2.35. The largest absolute Gasteiger partial charge is 0.359 e. The molecule has 1 aliphatic carbocycles. The summed E-state index contributed by atoms with van der Waals surface area (Å²) < 4.78 is 0. The summed E-state index contributed by atoms with van der Waals surface area (Å²) in [6.45, 7) is 5.93. The number of piperidine rings is 1. The highest BCUT2D eigenvalue weighted by Crippen LogP contribution is 2.38. The second-order valence-electron chi connectivity index (χ2n) is 7.27. The first-order valence-corrected chi connectivity index (χ1v) is 9.28. The standard InChI is InChI=1S/C16H29N3S/c1-13-3-7-16(8-4-13)12-20-15(18-16)17-11-14-5-9-19(2)10-6-14/h13-14H,3-12H2,1-2H3,(H,17,18). The minimum atomic E-state index is 0.392. The van der Waals surface area contributed by atoms with Crippen molar-refractivity contribution in [2.24, 2.45) is 16.8 Å². The summed E-state index contributed by atoms with van der Waals surface area (Å²) in [6.07, 6.45) is 8.09. The molecule has 4 heteroatoms. The average Bonchev–Trinajstić information content (AvgIpc) is 2.85. The topological polar surface area (TPSA) is 27.6 Å². The van der Waals surface area contributed by atoms with Gasteiger partial charge in [-0.05, 0) is 70.5 Å². The van der Waals surface area contributed by atoms with Gasteiger partial charge < -0.3 is 10.2 Å². The quantitative estimate of drug-likeness (QED) is 0.849. The molecule has 1 spiro atoms. The Kier molecular flexibility index (Phi) is 4.61. The lowest BCUT2D eigenvalue weighted by molar-refractivity contribution is 0.223. The number of hydrogen-bond acceptors (Lipinski definition) is 3. The third-order valence-corrected chi connectivity index (χ3v) is 6.62. The highest BCUT2D eigenvalue weighted by atomic mass is 32.2. The Morgan fingerprint density at radius 3 is 2.65 bits per heavy atom. The van der Waals surface area contributed by atoms with Gasteiger partial charge in [0.05, 0.1) is 0 Å². The van der Waals surface area contributed by atoms with Crippen molar-refractivity contribution in [3.63, 3.8) is 0 Å². The summed E-state index contributed by atoms with van der Waals surface area (Å²) in [5.41, 5.74) is 0.392. The van der Waals surface area contributed by atoms with E-state index in [4.69, 9.17) is 4.99 Å². The van der Waals surface area contributed by atoms with Crippen molar-refractivity contribution >= 4 is 16.9 Å². The summed E-state index contributed by atoms with van der Waals surface area (Å²) in [4.78, 5) is 7.33. The monoisotopic (exact) mass is 295 g/mol. The normalized spacial score (nSPS) is 38.5. The zero-order chi connectivity index (χ0) is 14.0. The second-order valence-corrected chi connectivity index (χ2v) is 8.23. The summed E-state index contributed by atoms with van der Waals surface area (Å²) in [5.74, 6) is 2.98. The molecule has 0 aromatic heterocycles. The van der Waals surface area contributed by atoms with Crippen molar-refractivity contribution in [2.45, 2.75) is 51.0 Å². The first-order valence-electron chi connectivity index (χ1n) is 8.29. The van der Waals surface area contributed by atoms with Crippen LogP contribution in [-0.4, -0.2) is 48.0 Å². The van der Waals surface area contributed by atoms with Crippen LogP contribution in [0.25, 0.3) is 0 Å². The van der Waals surface area contributed by atoms with Crippen LogP contribution in [0.15, 0.2) is 4.99 Å². The summed E-state index contributed by atoms with van der Waals surface area (Å²) in [7, 11) is 2.23. The molecule has 3 rings (SSSR count). The average molecular weight is 295 g/mol. The molecule has 0 radical (unpaired) electrons. The van der Waals surface area contributed by atoms with Crippen LogP contribution in [0, 0.1) is 11.8 Å². The van der Waals surface area contributed by atoms with E-state index in [-0.39, 0.29) is 0 Å². The van der Waals surface area contributed by atoms with Gasteiger partial charge in [-0.3, -0.25) is 4.99 Å². The Hall–Kier alpha value is -0.220. The predicted octanol–water partition coefficient (Wildman–Crippen LogP) is 2.97. The molecule has 0 aromatic carbocycles. The molecule has 2 saturated heterocycles.